The van der Waals surface area contributed by atoms with Crippen LogP contribution in [0.15, 0.2) is 48.5 Å². The van der Waals surface area contributed by atoms with Crippen molar-refractivity contribution >= 4 is 23.4 Å². The third-order valence-corrected chi connectivity index (χ3v) is 5.64. The number of piperazine rings is 1. The van der Waals surface area contributed by atoms with E-state index in [1.807, 2.05) is 0 Å². The SMILES string of the molecule is O=C(Nc1cccc(C(=O)N2CCN(C(=O)c3ccc(C(F)(F)F)cc3)CC2)c1)C1CC1. The number of nitrogens with one attached hydrogen (secondary N) is 1. The molecule has 1 saturated carbocycles. The maximum absolute atomic E-state index is 12.9. The molecule has 0 radical (unpaired) electrons. The predicted octanol–water partition coefficient (Wildman–Crippen LogP) is 3.65. The summed E-state index contributed by atoms with van der Waals surface area (Å²) >= 11 is 0. The van der Waals surface area contributed by atoms with Crippen molar-refractivity contribution in [3.05, 3.63) is 65.2 Å². The van der Waals surface area contributed by atoms with Crippen molar-refractivity contribution < 1.29 is 27.6 Å². The van der Waals surface area contributed by atoms with Crippen molar-refractivity contribution in [3.8, 4) is 0 Å². The van der Waals surface area contributed by atoms with E-state index in [1.165, 1.54) is 17.0 Å². The zero-order chi connectivity index (χ0) is 22.9. The third-order valence-electron chi connectivity index (χ3n) is 5.64. The van der Waals surface area contributed by atoms with Gasteiger partial charge >= 0.3 is 6.18 Å². The first-order chi connectivity index (χ1) is 15.2. The van der Waals surface area contributed by atoms with E-state index in [1.54, 1.807) is 29.2 Å². The minimum absolute atomic E-state index is 0.0370. The Morgan fingerprint density at radius 3 is 1.91 bits per heavy atom. The Labute approximate surface area is 183 Å². The summed E-state index contributed by atoms with van der Waals surface area (Å²) in [6.07, 6.45) is -2.68. The van der Waals surface area contributed by atoms with Crippen LogP contribution in [0.2, 0.25) is 0 Å². The molecule has 0 spiro atoms. The van der Waals surface area contributed by atoms with E-state index in [9.17, 15) is 27.6 Å². The number of hydrogen-bond acceptors (Lipinski definition) is 3. The number of nitrogens with zero attached hydrogens (tertiary/aromatic N) is 2. The van der Waals surface area contributed by atoms with Crippen molar-refractivity contribution in [2.45, 2.75) is 19.0 Å². The molecule has 2 fully saturated rings. The van der Waals surface area contributed by atoms with Gasteiger partial charge in [-0.15, -0.1) is 0 Å². The average Bonchev–Trinajstić information content (AvgIpc) is 3.64. The van der Waals surface area contributed by atoms with E-state index < -0.39 is 11.7 Å². The van der Waals surface area contributed by atoms with Gasteiger partial charge in [0.2, 0.25) is 5.91 Å². The van der Waals surface area contributed by atoms with Crippen LogP contribution in [0, 0.1) is 5.92 Å². The van der Waals surface area contributed by atoms with Crippen LogP contribution in [0.25, 0.3) is 0 Å². The molecule has 1 N–H and O–H groups in total. The van der Waals surface area contributed by atoms with Gasteiger partial charge in [-0.25, -0.2) is 0 Å². The van der Waals surface area contributed by atoms with Crippen molar-refractivity contribution in [3.63, 3.8) is 0 Å². The molecular weight excluding hydrogens is 423 g/mol. The molecule has 2 aromatic carbocycles. The van der Waals surface area contributed by atoms with E-state index in [-0.39, 0.29) is 42.3 Å². The topological polar surface area (TPSA) is 69.7 Å². The summed E-state index contributed by atoms with van der Waals surface area (Å²) in [5.74, 6) is -0.542. The van der Waals surface area contributed by atoms with Crippen molar-refractivity contribution in [2.75, 3.05) is 31.5 Å². The lowest BCUT2D eigenvalue weighted by atomic mass is 10.1. The van der Waals surface area contributed by atoms with E-state index >= 15 is 0 Å². The number of carbonyl (C=O) groups is 3. The Hall–Kier alpha value is -3.36. The maximum atomic E-state index is 12.9. The first-order valence-electron chi connectivity index (χ1n) is 10.4. The van der Waals surface area contributed by atoms with E-state index in [0.29, 0.717) is 24.3 Å². The van der Waals surface area contributed by atoms with Crippen LogP contribution in [0.1, 0.15) is 39.1 Å². The normalized spacial score (nSPS) is 16.6. The van der Waals surface area contributed by atoms with Gasteiger partial charge < -0.3 is 15.1 Å². The molecule has 0 unspecified atom stereocenters. The fourth-order valence-electron chi connectivity index (χ4n) is 3.60. The molecule has 2 aliphatic rings. The Balaban J connectivity index is 1.34. The monoisotopic (exact) mass is 445 g/mol. The lowest BCUT2D eigenvalue weighted by molar-refractivity contribution is -0.137. The summed E-state index contributed by atoms with van der Waals surface area (Å²) in [6.45, 7) is 1.18. The molecular formula is C23H22F3N3O3. The van der Waals surface area contributed by atoms with Crippen LogP contribution in [-0.4, -0.2) is 53.7 Å². The summed E-state index contributed by atoms with van der Waals surface area (Å²) in [7, 11) is 0. The van der Waals surface area contributed by atoms with Crippen molar-refractivity contribution in [1.82, 2.24) is 9.80 Å². The quantitative estimate of drug-likeness (QED) is 0.781. The minimum atomic E-state index is -4.45. The Kier molecular flexibility index (Phi) is 5.90. The van der Waals surface area contributed by atoms with Crippen LogP contribution in [-0.2, 0) is 11.0 Å². The fraction of sp³-hybridized carbons (Fsp3) is 0.348. The first-order valence-corrected chi connectivity index (χ1v) is 10.4. The molecule has 0 aromatic heterocycles. The van der Waals surface area contributed by atoms with Crippen LogP contribution < -0.4 is 5.32 Å². The van der Waals surface area contributed by atoms with Gasteiger partial charge in [0.05, 0.1) is 5.56 Å². The number of rotatable bonds is 4. The third kappa shape index (κ3) is 4.92. The van der Waals surface area contributed by atoms with Gasteiger partial charge in [-0.2, -0.15) is 13.2 Å². The fourth-order valence-corrected chi connectivity index (χ4v) is 3.60. The Bertz CT molecular complexity index is 1020. The maximum Gasteiger partial charge on any atom is 0.416 e. The number of halogens is 3. The molecule has 0 atom stereocenters. The van der Waals surface area contributed by atoms with Crippen LogP contribution in [0.4, 0.5) is 18.9 Å². The highest BCUT2D eigenvalue weighted by Gasteiger charge is 2.31. The molecule has 1 aliphatic heterocycles. The Morgan fingerprint density at radius 2 is 1.38 bits per heavy atom. The molecule has 6 nitrogen and oxygen atoms in total. The average molecular weight is 445 g/mol. The highest BCUT2D eigenvalue weighted by atomic mass is 19.4. The number of hydrogen-bond donors (Lipinski definition) is 1. The lowest BCUT2D eigenvalue weighted by Gasteiger charge is -2.35. The molecule has 3 amide bonds. The molecule has 1 saturated heterocycles. The molecule has 1 heterocycles. The van der Waals surface area contributed by atoms with Gasteiger partial charge in [0.1, 0.15) is 0 Å². The van der Waals surface area contributed by atoms with E-state index in [2.05, 4.69) is 5.32 Å². The van der Waals surface area contributed by atoms with Gasteiger partial charge in [-0.3, -0.25) is 14.4 Å². The summed E-state index contributed by atoms with van der Waals surface area (Å²) in [5.41, 5.74) is 0.391. The summed E-state index contributed by atoms with van der Waals surface area (Å²) < 4.78 is 38.1. The number of benzene rings is 2. The molecule has 32 heavy (non-hydrogen) atoms. The molecule has 168 valence electrons. The minimum Gasteiger partial charge on any atom is -0.335 e. The zero-order valence-electron chi connectivity index (χ0n) is 17.2. The van der Waals surface area contributed by atoms with Crippen LogP contribution >= 0.6 is 0 Å². The second kappa shape index (κ2) is 8.64. The second-order valence-corrected chi connectivity index (χ2v) is 8.00. The summed E-state index contributed by atoms with van der Waals surface area (Å²) in [4.78, 5) is 40.6. The van der Waals surface area contributed by atoms with Gasteiger partial charge in [0.25, 0.3) is 11.8 Å². The molecule has 2 aromatic rings. The molecule has 0 bridgehead atoms. The zero-order valence-corrected chi connectivity index (χ0v) is 17.2. The number of amides is 3. The highest BCUT2D eigenvalue weighted by Crippen LogP contribution is 2.30. The number of anilines is 1. The first kappa shape index (κ1) is 21.9. The molecule has 4 rings (SSSR count). The molecule has 9 heteroatoms. The van der Waals surface area contributed by atoms with E-state index in [4.69, 9.17) is 0 Å². The largest absolute Gasteiger partial charge is 0.416 e. The van der Waals surface area contributed by atoms with Gasteiger partial charge in [-0.1, -0.05) is 6.07 Å². The van der Waals surface area contributed by atoms with E-state index in [0.717, 1.165) is 25.0 Å². The highest BCUT2D eigenvalue weighted by molar-refractivity contribution is 5.98. The summed E-state index contributed by atoms with van der Waals surface area (Å²) in [6, 6.07) is 10.9. The van der Waals surface area contributed by atoms with Crippen molar-refractivity contribution in [1.29, 1.82) is 0 Å². The van der Waals surface area contributed by atoms with Crippen LogP contribution in [0.5, 0.6) is 0 Å². The van der Waals surface area contributed by atoms with Crippen molar-refractivity contribution in [2.24, 2.45) is 5.92 Å². The second-order valence-electron chi connectivity index (χ2n) is 8.00. The van der Waals surface area contributed by atoms with Gasteiger partial charge in [0, 0.05) is 48.9 Å². The smallest absolute Gasteiger partial charge is 0.335 e. The number of carbonyl (C=O) groups excluding carboxylic acids is 3. The number of alkyl halides is 3. The lowest BCUT2D eigenvalue weighted by Crippen LogP contribution is -2.50. The van der Waals surface area contributed by atoms with Gasteiger partial charge in [0.15, 0.2) is 0 Å². The van der Waals surface area contributed by atoms with Gasteiger partial charge in [-0.05, 0) is 55.3 Å². The molecule has 1 aliphatic carbocycles. The Morgan fingerprint density at radius 1 is 0.812 bits per heavy atom. The van der Waals surface area contributed by atoms with Crippen LogP contribution in [0.3, 0.4) is 0 Å². The summed E-state index contributed by atoms with van der Waals surface area (Å²) in [5, 5.41) is 2.82. The standard InChI is InChI=1S/C23H22F3N3O3/c24-23(25,26)18-8-6-16(7-9-18)21(31)28-10-12-29(13-11-28)22(32)17-2-1-3-19(14-17)27-20(30)15-4-5-15/h1-3,6-9,14-15H,4-5,10-13H2,(H,27,30). The predicted molar refractivity (Wildman–Crippen MR) is 111 cm³/mol.